The Bertz CT molecular complexity index is 630. The summed E-state index contributed by atoms with van der Waals surface area (Å²) in [5, 5.41) is 16.2. The van der Waals surface area contributed by atoms with E-state index in [-0.39, 0.29) is 0 Å². The zero-order valence-electron chi connectivity index (χ0n) is 13.4. The van der Waals surface area contributed by atoms with E-state index < -0.39 is 5.60 Å². The lowest BCUT2D eigenvalue weighted by atomic mass is 9.99. The third-order valence-electron chi connectivity index (χ3n) is 3.32. The Morgan fingerprint density at radius 3 is 2.73 bits per heavy atom. The molecule has 2 N–H and O–H groups in total. The number of thiazole rings is 1. The smallest absolute Gasteiger partial charge is 0.123 e. The van der Waals surface area contributed by atoms with E-state index in [1.54, 1.807) is 25.2 Å². The molecule has 0 amide bonds. The van der Waals surface area contributed by atoms with Gasteiger partial charge in [0.15, 0.2) is 0 Å². The summed E-state index contributed by atoms with van der Waals surface area (Å²) in [5.41, 5.74) is 3.26. The largest absolute Gasteiger partial charge is 0.389 e. The predicted molar refractivity (Wildman–Crippen MR) is 95.5 cm³/mol. The molecule has 0 spiro atoms. The summed E-state index contributed by atoms with van der Waals surface area (Å²) in [4.78, 5) is 8.66. The van der Waals surface area contributed by atoms with Crippen molar-refractivity contribution in [3.63, 3.8) is 0 Å². The number of nitrogens with zero attached hydrogens (tertiary/aromatic N) is 2. The van der Waals surface area contributed by atoms with Crippen LogP contribution in [0.1, 0.15) is 32.8 Å². The van der Waals surface area contributed by atoms with Gasteiger partial charge in [-0.2, -0.15) is 0 Å². The molecule has 0 aliphatic heterocycles. The number of hydrogen-bond acceptors (Lipinski definition) is 5. The summed E-state index contributed by atoms with van der Waals surface area (Å²) < 4.78 is 0. The van der Waals surface area contributed by atoms with Crippen molar-refractivity contribution in [2.24, 2.45) is 4.99 Å². The predicted octanol–water partition coefficient (Wildman–Crippen LogP) is 4.28. The number of aliphatic imine (C=N–C) groups is 1. The van der Waals surface area contributed by atoms with Crippen molar-refractivity contribution in [3.8, 4) is 10.6 Å². The van der Waals surface area contributed by atoms with Crippen LogP contribution in [0.25, 0.3) is 10.6 Å². The van der Waals surface area contributed by atoms with E-state index in [1.165, 1.54) is 0 Å². The fourth-order valence-corrected chi connectivity index (χ4v) is 3.02. The van der Waals surface area contributed by atoms with Gasteiger partial charge in [-0.3, -0.25) is 4.99 Å². The van der Waals surface area contributed by atoms with E-state index in [0.717, 1.165) is 40.4 Å². The highest BCUT2D eigenvalue weighted by molar-refractivity contribution is 7.13. The van der Waals surface area contributed by atoms with Crippen LogP contribution in [-0.4, -0.2) is 29.0 Å². The van der Waals surface area contributed by atoms with Crippen molar-refractivity contribution < 1.29 is 5.11 Å². The lowest BCUT2D eigenvalue weighted by Crippen LogP contribution is -2.29. The number of hydrogen-bond donors (Lipinski definition) is 2. The van der Waals surface area contributed by atoms with Crippen molar-refractivity contribution in [3.05, 3.63) is 29.3 Å². The molecule has 0 radical (unpaired) electrons. The first-order valence-corrected chi connectivity index (χ1v) is 8.33. The van der Waals surface area contributed by atoms with Crippen molar-refractivity contribution >= 4 is 29.4 Å². The Balaban J connectivity index is 2.45. The first-order valence-electron chi connectivity index (χ1n) is 7.45. The molecule has 1 heterocycles. The highest BCUT2D eigenvalue weighted by Crippen LogP contribution is 2.38. The fraction of sp³-hybridized carbons (Fsp3) is 0.412. The summed E-state index contributed by atoms with van der Waals surface area (Å²) in [6, 6.07) is 4.07. The van der Waals surface area contributed by atoms with E-state index in [1.807, 2.05) is 17.6 Å². The second-order valence-electron chi connectivity index (χ2n) is 5.90. The molecule has 0 saturated heterocycles. The van der Waals surface area contributed by atoms with Crippen molar-refractivity contribution in [2.45, 2.75) is 39.2 Å². The number of aromatic nitrogens is 1. The third kappa shape index (κ3) is 3.93. The summed E-state index contributed by atoms with van der Waals surface area (Å²) >= 11 is 1.63. The SMILES string of the molecule is C=Nc1c(NCC(C)(C)O)ccc(-c2nccs2)c1CCC. The van der Waals surface area contributed by atoms with Crippen molar-refractivity contribution in [1.29, 1.82) is 0 Å². The average molecular weight is 317 g/mol. The van der Waals surface area contributed by atoms with Crippen LogP contribution in [0, 0.1) is 0 Å². The molecule has 0 fully saturated rings. The van der Waals surface area contributed by atoms with Gasteiger partial charge in [-0.05, 0) is 44.7 Å². The van der Waals surface area contributed by atoms with Crippen LogP contribution in [0.3, 0.4) is 0 Å². The van der Waals surface area contributed by atoms with E-state index in [0.29, 0.717) is 6.54 Å². The van der Waals surface area contributed by atoms with Crippen LogP contribution in [0.5, 0.6) is 0 Å². The minimum Gasteiger partial charge on any atom is -0.389 e. The van der Waals surface area contributed by atoms with Crippen molar-refractivity contribution in [2.75, 3.05) is 11.9 Å². The summed E-state index contributed by atoms with van der Waals surface area (Å²) in [5.74, 6) is 0. The third-order valence-corrected chi connectivity index (χ3v) is 4.12. The van der Waals surface area contributed by atoms with Crippen molar-refractivity contribution in [1.82, 2.24) is 4.98 Å². The molecular weight excluding hydrogens is 294 g/mol. The van der Waals surface area contributed by atoms with Gasteiger partial charge in [0.25, 0.3) is 0 Å². The maximum atomic E-state index is 9.90. The molecule has 0 bridgehead atoms. The maximum Gasteiger partial charge on any atom is 0.123 e. The second kappa shape index (κ2) is 7.03. The molecule has 118 valence electrons. The van der Waals surface area contributed by atoms with Gasteiger partial charge in [-0.1, -0.05) is 13.3 Å². The Morgan fingerprint density at radius 1 is 1.41 bits per heavy atom. The summed E-state index contributed by atoms with van der Waals surface area (Å²) in [6.07, 6.45) is 3.76. The lowest BCUT2D eigenvalue weighted by molar-refractivity contribution is 0.0945. The van der Waals surface area contributed by atoms with Crippen LogP contribution in [0.15, 0.2) is 28.7 Å². The molecular formula is C17H23N3OS. The zero-order chi connectivity index (χ0) is 16.2. The van der Waals surface area contributed by atoms with Gasteiger partial charge in [0.2, 0.25) is 0 Å². The van der Waals surface area contributed by atoms with Crippen LogP contribution < -0.4 is 5.32 Å². The highest BCUT2D eigenvalue weighted by atomic mass is 32.1. The molecule has 2 rings (SSSR count). The Hall–Kier alpha value is -1.72. The van der Waals surface area contributed by atoms with Gasteiger partial charge >= 0.3 is 0 Å². The van der Waals surface area contributed by atoms with E-state index >= 15 is 0 Å². The van der Waals surface area contributed by atoms with Crippen LogP contribution in [-0.2, 0) is 6.42 Å². The lowest BCUT2D eigenvalue weighted by Gasteiger charge is -2.21. The average Bonchev–Trinajstić information content (AvgIpc) is 2.98. The zero-order valence-corrected chi connectivity index (χ0v) is 14.2. The molecule has 4 nitrogen and oxygen atoms in total. The molecule has 1 aromatic carbocycles. The Labute approximate surface area is 136 Å². The van der Waals surface area contributed by atoms with E-state index in [2.05, 4.69) is 35.0 Å². The summed E-state index contributed by atoms with van der Waals surface area (Å²) in [6.45, 7) is 9.89. The molecule has 2 aromatic rings. The molecule has 5 heteroatoms. The van der Waals surface area contributed by atoms with E-state index in [4.69, 9.17) is 0 Å². The van der Waals surface area contributed by atoms with Gasteiger partial charge in [0, 0.05) is 23.7 Å². The molecule has 0 saturated carbocycles. The maximum absolute atomic E-state index is 9.90. The minimum atomic E-state index is -0.780. The molecule has 1 aromatic heterocycles. The number of benzene rings is 1. The molecule has 0 aliphatic carbocycles. The first-order chi connectivity index (χ1) is 10.5. The molecule has 0 atom stereocenters. The van der Waals surface area contributed by atoms with Crippen LogP contribution >= 0.6 is 11.3 Å². The Morgan fingerprint density at radius 2 is 2.18 bits per heavy atom. The number of nitrogens with one attached hydrogen (secondary N) is 1. The normalized spacial score (nSPS) is 11.5. The van der Waals surface area contributed by atoms with Crippen LogP contribution in [0.4, 0.5) is 11.4 Å². The molecule has 22 heavy (non-hydrogen) atoms. The molecule has 0 unspecified atom stereocenters. The number of rotatable bonds is 7. The summed E-state index contributed by atoms with van der Waals surface area (Å²) in [7, 11) is 0. The van der Waals surface area contributed by atoms with Gasteiger partial charge in [-0.15, -0.1) is 11.3 Å². The Kier molecular flexibility index (Phi) is 5.32. The quantitative estimate of drug-likeness (QED) is 0.749. The minimum absolute atomic E-state index is 0.456. The number of anilines is 1. The van der Waals surface area contributed by atoms with Gasteiger partial charge in [-0.25, -0.2) is 4.98 Å². The highest BCUT2D eigenvalue weighted by Gasteiger charge is 2.17. The number of aliphatic hydroxyl groups is 1. The fourth-order valence-electron chi connectivity index (χ4n) is 2.33. The standard InChI is InChI=1S/C17H23N3OS/c1-5-6-12-13(16-19-9-10-22-16)7-8-14(15(12)18-4)20-11-17(2,3)21/h7-10,20-21H,4-6,11H2,1-3H3. The monoisotopic (exact) mass is 317 g/mol. The van der Waals surface area contributed by atoms with Gasteiger partial charge < -0.3 is 10.4 Å². The van der Waals surface area contributed by atoms with Crippen LogP contribution in [0.2, 0.25) is 0 Å². The second-order valence-corrected chi connectivity index (χ2v) is 6.79. The first kappa shape index (κ1) is 16.6. The van der Waals surface area contributed by atoms with Gasteiger partial charge in [0.1, 0.15) is 5.01 Å². The van der Waals surface area contributed by atoms with Gasteiger partial charge in [0.05, 0.1) is 17.0 Å². The molecule has 0 aliphatic rings. The van der Waals surface area contributed by atoms with E-state index in [9.17, 15) is 5.11 Å². The topological polar surface area (TPSA) is 57.5 Å².